The fourth-order valence-corrected chi connectivity index (χ4v) is 6.03. The number of nitrogens with zero attached hydrogens (tertiary/aromatic N) is 7. The van der Waals surface area contributed by atoms with E-state index in [0.29, 0.717) is 89.2 Å². The van der Waals surface area contributed by atoms with Gasteiger partial charge < -0.3 is 9.47 Å². The molecule has 5 amide bonds. The van der Waals surface area contributed by atoms with Gasteiger partial charge in [0.25, 0.3) is 0 Å². The van der Waals surface area contributed by atoms with E-state index >= 15 is 0 Å². The summed E-state index contributed by atoms with van der Waals surface area (Å²) >= 11 is 0. The predicted molar refractivity (Wildman–Crippen MR) is 263 cm³/mol. The number of ether oxygens (including phenoxy) is 2. The van der Waals surface area contributed by atoms with Crippen molar-refractivity contribution in [2.75, 3.05) is 45.9 Å². The summed E-state index contributed by atoms with van der Waals surface area (Å²) < 4.78 is 10.7. The number of carbonyl (C=O) groups excluding carboxylic acids is 5. The summed E-state index contributed by atoms with van der Waals surface area (Å²) in [7, 11) is 0. The van der Waals surface area contributed by atoms with Gasteiger partial charge in [-0.3, -0.25) is 60.0 Å². The molecule has 0 unspecified atom stereocenters. The molecule has 0 atom stereocenters. The average Bonchev–Trinajstić information content (AvgIpc) is 3.41. The Balaban J connectivity index is 0.000000305. The Hall–Kier alpha value is -7.81. The number of rotatable bonds is 26. The molecule has 0 radical (unpaired) electrons. The molecule has 0 aliphatic carbocycles. The van der Waals surface area contributed by atoms with Crippen LogP contribution in [0.4, 0.5) is 0 Å². The number of benzene rings is 4. The molecule has 71 heavy (non-hydrogen) atoms. The van der Waals surface area contributed by atoms with Crippen molar-refractivity contribution in [3.8, 4) is 11.5 Å². The molecule has 4 aromatic carbocycles. The Morgan fingerprint density at radius 3 is 1.48 bits per heavy atom. The lowest BCUT2D eigenvalue weighted by molar-refractivity contribution is -0.151. The zero-order chi connectivity index (χ0) is 51.7. The van der Waals surface area contributed by atoms with E-state index in [2.05, 4.69) is 22.1 Å². The predicted octanol–water partition coefficient (Wildman–Crippen LogP) is 6.87. The average molecular weight is 980 g/mol. The number of amides is 5. The van der Waals surface area contributed by atoms with Gasteiger partial charge >= 0.3 is 0 Å². The maximum absolute atomic E-state index is 10.2. The van der Waals surface area contributed by atoms with Gasteiger partial charge in [-0.25, -0.2) is 25.3 Å². The Labute approximate surface area is 414 Å². The third kappa shape index (κ3) is 28.3. The van der Waals surface area contributed by atoms with Crippen LogP contribution in [-0.4, -0.2) is 139 Å². The second kappa shape index (κ2) is 38.1. The number of hydrogen-bond acceptors (Lipinski definition) is 14. The van der Waals surface area contributed by atoms with Gasteiger partial charge in [0, 0.05) is 54.7 Å². The van der Waals surface area contributed by atoms with Crippen LogP contribution in [0, 0.1) is 6.92 Å². The first-order chi connectivity index (χ1) is 34.5. The molecule has 0 aliphatic heterocycles. The first-order valence-electron chi connectivity index (χ1n) is 22.7. The Bertz CT molecular complexity index is 2260. The minimum atomic E-state index is 0.130. The van der Waals surface area contributed by atoms with Gasteiger partial charge in [0.1, 0.15) is 24.7 Å². The Morgan fingerprint density at radius 2 is 0.944 bits per heavy atom. The monoisotopic (exact) mass is 979 g/mol. The second-order valence-corrected chi connectivity index (χ2v) is 15.1. The number of hydroxylamine groups is 10. The van der Waals surface area contributed by atoms with Gasteiger partial charge in [-0.2, -0.15) is 0 Å². The first kappa shape index (κ1) is 59.3. The molecule has 6 rings (SSSR count). The van der Waals surface area contributed by atoms with Crippen molar-refractivity contribution in [3.63, 3.8) is 0 Å². The maximum Gasteiger partial charge on any atom is 0.233 e. The molecule has 2 aromatic heterocycles. The zero-order valence-corrected chi connectivity index (χ0v) is 39.9. The van der Waals surface area contributed by atoms with Crippen LogP contribution in [0.15, 0.2) is 146 Å². The number of unbranched alkanes of at least 4 members (excludes halogenated alkanes) is 1. The molecule has 19 nitrogen and oxygen atoms in total. The quantitative estimate of drug-likeness (QED) is 0.0161. The van der Waals surface area contributed by atoms with Crippen molar-refractivity contribution in [1.29, 1.82) is 0 Å². The van der Waals surface area contributed by atoms with Crippen molar-refractivity contribution in [2.24, 2.45) is 0 Å². The number of para-hydroxylation sites is 1. The Morgan fingerprint density at radius 1 is 0.465 bits per heavy atom. The number of carbonyl (C=O) groups is 5. The minimum absolute atomic E-state index is 0.130. The number of fused-ring (bicyclic) bond motifs is 1. The van der Waals surface area contributed by atoms with E-state index in [-0.39, 0.29) is 26.3 Å². The maximum atomic E-state index is 10.2. The molecule has 19 heteroatoms. The van der Waals surface area contributed by atoms with E-state index < -0.39 is 0 Å². The molecule has 0 aliphatic rings. The molecular formula is C52H65N7O12. The highest BCUT2D eigenvalue weighted by molar-refractivity contribution is 5.87. The molecular weight excluding hydrogens is 915 g/mol. The smallest absolute Gasteiger partial charge is 0.233 e. The largest absolute Gasteiger partial charge is 0.492 e. The fraction of sp³-hybridized carbons (Fsp3) is 0.288. The fourth-order valence-electron chi connectivity index (χ4n) is 6.03. The summed E-state index contributed by atoms with van der Waals surface area (Å²) in [6, 6.07) is 40.8. The van der Waals surface area contributed by atoms with Gasteiger partial charge in [-0.1, -0.05) is 97.1 Å². The van der Waals surface area contributed by atoms with Crippen LogP contribution >= 0.6 is 0 Å². The van der Waals surface area contributed by atoms with E-state index in [0.717, 1.165) is 66.3 Å². The van der Waals surface area contributed by atoms with E-state index in [4.69, 9.17) is 35.5 Å². The van der Waals surface area contributed by atoms with Crippen LogP contribution < -0.4 is 9.47 Å². The van der Waals surface area contributed by atoms with Crippen LogP contribution in [0.3, 0.4) is 0 Å². The second-order valence-electron chi connectivity index (χ2n) is 15.1. The van der Waals surface area contributed by atoms with Crippen molar-refractivity contribution in [2.45, 2.75) is 51.9 Å². The summed E-state index contributed by atoms with van der Waals surface area (Å²) in [6.07, 6.45) is 13.1. The molecule has 380 valence electrons. The molecule has 2 heterocycles. The van der Waals surface area contributed by atoms with E-state index in [9.17, 15) is 24.0 Å². The first-order valence-corrected chi connectivity index (χ1v) is 22.7. The molecule has 0 fully saturated rings. The molecule has 0 bridgehead atoms. The summed E-state index contributed by atoms with van der Waals surface area (Å²) in [6.45, 7) is 3.95. The van der Waals surface area contributed by atoms with Crippen LogP contribution in [0.2, 0.25) is 0 Å². The van der Waals surface area contributed by atoms with Crippen molar-refractivity contribution in [1.82, 2.24) is 35.3 Å². The number of hydrogen-bond donors (Lipinski definition) is 5. The van der Waals surface area contributed by atoms with Crippen LogP contribution in [0.5, 0.6) is 11.5 Å². The van der Waals surface area contributed by atoms with Gasteiger partial charge in [0.05, 0.1) is 13.1 Å². The summed E-state index contributed by atoms with van der Waals surface area (Å²) in [5.74, 6) is 1.44. The molecule has 0 saturated heterocycles. The Kier molecular flexibility index (Phi) is 31.8. The van der Waals surface area contributed by atoms with Gasteiger partial charge in [0.2, 0.25) is 32.1 Å². The minimum Gasteiger partial charge on any atom is -0.492 e. The lowest BCUT2D eigenvalue weighted by atomic mass is 10.1. The molecule has 5 N–H and O–H groups in total. The number of aryl methyl sites for hydroxylation is 4. The molecule has 0 spiro atoms. The highest BCUT2D eigenvalue weighted by Gasteiger charge is 2.04. The topological polar surface area (TPSA) is 247 Å². The SMILES string of the molecule is Cc1cccnc1CCCN(O)C=O.O=CN(O)CCCCc1ccccc1.O=CN(O)CCCc1ccccc1.O=CN(O)CCOc1cccc2cnccc12.O=CN(O)CCOc1ccccc1. The number of aromatic nitrogens is 2. The summed E-state index contributed by atoms with van der Waals surface area (Å²) in [5.41, 5.74) is 4.68. The number of pyridine rings is 2. The lowest BCUT2D eigenvalue weighted by Gasteiger charge is -2.11. The van der Waals surface area contributed by atoms with Crippen molar-refractivity contribution >= 4 is 42.8 Å². The summed E-state index contributed by atoms with van der Waals surface area (Å²) in [4.78, 5) is 58.5. The van der Waals surface area contributed by atoms with Crippen molar-refractivity contribution in [3.05, 3.63) is 168 Å². The lowest BCUT2D eigenvalue weighted by Crippen LogP contribution is -2.23. The third-order valence-corrected chi connectivity index (χ3v) is 9.72. The highest BCUT2D eigenvalue weighted by Crippen LogP contribution is 2.24. The van der Waals surface area contributed by atoms with Gasteiger partial charge in [-0.05, 0) is 98.9 Å². The third-order valence-electron chi connectivity index (χ3n) is 9.72. The van der Waals surface area contributed by atoms with Gasteiger partial charge in [-0.15, -0.1) is 0 Å². The van der Waals surface area contributed by atoms with E-state index in [1.54, 1.807) is 18.6 Å². The van der Waals surface area contributed by atoms with E-state index in [1.165, 1.54) is 11.1 Å². The molecule has 0 saturated carbocycles. The normalized spacial score (nSPS) is 9.77. The van der Waals surface area contributed by atoms with Crippen LogP contribution in [0.25, 0.3) is 10.8 Å². The van der Waals surface area contributed by atoms with Crippen LogP contribution in [0.1, 0.15) is 48.1 Å². The highest BCUT2D eigenvalue weighted by atomic mass is 16.5. The van der Waals surface area contributed by atoms with Gasteiger partial charge in [0.15, 0.2) is 0 Å². The molecule has 6 aromatic rings. The zero-order valence-electron chi connectivity index (χ0n) is 39.9. The van der Waals surface area contributed by atoms with Crippen molar-refractivity contribution < 1.29 is 59.5 Å². The van der Waals surface area contributed by atoms with E-state index in [1.807, 2.05) is 122 Å². The van der Waals surface area contributed by atoms with Crippen LogP contribution in [-0.2, 0) is 43.2 Å². The standard InChI is InChI=1S/C12H12N2O3.C11H15NO2.C10H14N2O2.C10H13NO2.C9H11NO3/c15-9-14(16)6-7-17-12-3-1-2-10-8-13-5-4-11(10)12;13-10-12(14)9-5-4-8-11-6-2-1-3-7-11;1-9-4-2-6-11-10(9)5-3-7-12(14)8-13;12-9-11(13)8-4-7-10-5-2-1-3-6-10;11-8-10(12)6-7-13-9-4-2-1-3-5-9/h1-5,8-9,16H,6-7H2;1-3,6-7,10,14H,4-5,8-9H2;2,4,6,8,14H,3,5,7H2,1H3;1-3,5-6,9,13H,4,7-8H2;1-5,8,12H,6-7H2. The summed E-state index contributed by atoms with van der Waals surface area (Å²) in [5, 5.41) is 49.2.